The van der Waals surface area contributed by atoms with Gasteiger partial charge in [-0.2, -0.15) is 0 Å². The minimum Gasteiger partial charge on any atom is -0.120 e. The van der Waals surface area contributed by atoms with Gasteiger partial charge in [-0.1, -0.05) is 50.8 Å². The SMILES string of the molecule is C#CC.C=C/C=C(/C)C=C.CC. The summed E-state index contributed by atoms with van der Waals surface area (Å²) in [6, 6.07) is 0. The van der Waals surface area contributed by atoms with Crippen molar-refractivity contribution < 1.29 is 0 Å². The maximum absolute atomic E-state index is 4.60. The van der Waals surface area contributed by atoms with Crippen molar-refractivity contribution in [3.8, 4) is 12.3 Å². The molecule has 12 heavy (non-hydrogen) atoms. The fourth-order valence-electron chi connectivity index (χ4n) is 0.254. The molecule has 0 aliphatic heterocycles. The van der Waals surface area contributed by atoms with E-state index in [0.29, 0.717) is 0 Å². The Hall–Kier alpha value is -1.22. The Morgan fingerprint density at radius 3 is 1.75 bits per heavy atom. The average molecular weight is 164 g/mol. The summed E-state index contributed by atoms with van der Waals surface area (Å²) < 4.78 is 0. The fraction of sp³-hybridized carbons (Fsp3) is 0.333. The molecule has 0 rings (SSSR count). The summed E-state index contributed by atoms with van der Waals surface area (Å²) in [5, 5.41) is 0. The Morgan fingerprint density at radius 1 is 1.33 bits per heavy atom. The summed E-state index contributed by atoms with van der Waals surface area (Å²) in [5.41, 5.74) is 1.15. The van der Waals surface area contributed by atoms with E-state index in [1.807, 2.05) is 26.8 Å². The largest absolute Gasteiger partial charge is 0.120 e. The topological polar surface area (TPSA) is 0 Å². The molecular weight excluding hydrogens is 144 g/mol. The van der Waals surface area contributed by atoms with Crippen LogP contribution >= 0.6 is 0 Å². The third-order valence-electron chi connectivity index (χ3n) is 0.703. The molecule has 0 N–H and O–H groups in total. The molecule has 0 nitrogen and oxygen atoms in total. The predicted octanol–water partition coefficient (Wildman–Crippen LogP) is 3.97. The van der Waals surface area contributed by atoms with E-state index in [1.54, 1.807) is 19.1 Å². The van der Waals surface area contributed by atoms with E-state index in [4.69, 9.17) is 0 Å². The molecule has 0 aromatic heterocycles. The van der Waals surface area contributed by atoms with E-state index < -0.39 is 0 Å². The Labute approximate surface area is 77.7 Å². The van der Waals surface area contributed by atoms with E-state index >= 15 is 0 Å². The highest BCUT2D eigenvalue weighted by atomic mass is 13.8. The second-order valence-electron chi connectivity index (χ2n) is 1.64. The normalized spacial score (nSPS) is 7.42. The lowest BCUT2D eigenvalue weighted by molar-refractivity contribution is 1.50. The lowest BCUT2D eigenvalue weighted by Crippen LogP contribution is -1.58. The van der Waals surface area contributed by atoms with Crippen LogP contribution in [0.4, 0.5) is 0 Å². The molecule has 0 fully saturated rings. The number of terminal acetylenes is 1. The van der Waals surface area contributed by atoms with Crippen LogP contribution in [0.25, 0.3) is 0 Å². The van der Waals surface area contributed by atoms with Gasteiger partial charge in [-0.3, -0.25) is 0 Å². The monoisotopic (exact) mass is 164 g/mol. The van der Waals surface area contributed by atoms with Crippen LogP contribution in [0.5, 0.6) is 0 Å². The van der Waals surface area contributed by atoms with E-state index in [9.17, 15) is 0 Å². The molecule has 0 unspecified atom stereocenters. The van der Waals surface area contributed by atoms with Gasteiger partial charge in [0.25, 0.3) is 0 Å². The number of hydrogen-bond donors (Lipinski definition) is 0. The molecule has 0 amide bonds. The molecule has 0 aromatic rings. The maximum atomic E-state index is 4.60. The van der Waals surface area contributed by atoms with Crippen LogP contribution in [0.15, 0.2) is 37.0 Å². The highest BCUT2D eigenvalue weighted by Crippen LogP contribution is 1.90. The fourth-order valence-corrected chi connectivity index (χ4v) is 0.254. The van der Waals surface area contributed by atoms with E-state index in [-0.39, 0.29) is 0 Å². The van der Waals surface area contributed by atoms with Crippen molar-refractivity contribution in [3.05, 3.63) is 37.0 Å². The van der Waals surface area contributed by atoms with Crippen LogP contribution in [0.1, 0.15) is 27.7 Å². The number of allylic oxidation sites excluding steroid dienone is 4. The lowest BCUT2D eigenvalue weighted by atomic mass is 10.3. The van der Waals surface area contributed by atoms with Gasteiger partial charge in [0.05, 0.1) is 0 Å². The first-order valence-electron chi connectivity index (χ1n) is 4.02. The lowest BCUT2D eigenvalue weighted by Gasteiger charge is -1.80. The van der Waals surface area contributed by atoms with Gasteiger partial charge in [-0.25, -0.2) is 0 Å². The van der Waals surface area contributed by atoms with E-state index in [2.05, 4.69) is 25.5 Å². The Bertz CT molecular complexity index is 153. The van der Waals surface area contributed by atoms with Crippen molar-refractivity contribution in [2.45, 2.75) is 27.7 Å². The second kappa shape index (κ2) is 22.6. The van der Waals surface area contributed by atoms with Crippen molar-refractivity contribution in [1.82, 2.24) is 0 Å². The third-order valence-corrected chi connectivity index (χ3v) is 0.703. The molecule has 0 saturated heterocycles. The molecule has 0 atom stereocenters. The third kappa shape index (κ3) is 37.2. The van der Waals surface area contributed by atoms with Crippen LogP contribution in [0.3, 0.4) is 0 Å². The zero-order chi connectivity index (χ0) is 10.4. The van der Waals surface area contributed by atoms with Crippen molar-refractivity contribution in [2.24, 2.45) is 0 Å². The van der Waals surface area contributed by atoms with Crippen LogP contribution < -0.4 is 0 Å². The summed E-state index contributed by atoms with van der Waals surface area (Å²) in [6.07, 6.45) is 10.0. The summed E-state index contributed by atoms with van der Waals surface area (Å²) in [4.78, 5) is 0. The number of hydrogen-bond acceptors (Lipinski definition) is 0. The molecule has 0 saturated carbocycles. The zero-order valence-electron chi connectivity index (χ0n) is 8.72. The van der Waals surface area contributed by atoms with E-state index in [1.165, 1.54) is 0 Å². The van der Waals surface area contributed by atoms with Crippen molar-refractivity contribution in [1.29, 1.82) is 0 Å². The standard InChI is InChI=1S/C7H10.C3H4.C2H6/c1-4-6-7(3)5-2;1-3-2;1-2/h4-6H,1-2H2,3H3;1H,2H3;1-2H3/b7-6-;;. The number of rotatable bonds is 2. The van der Waals surface area contributed by atoms with Crippen LogP contribution in [0.2, 0.25) is 0 Å². The van der Waals surface area contributed by atoms with Crippen LogP contribution in [-0.2, 0) is 0 Å². The van der Waals surface area contributed by atoms with E-state index in [0.717, 1.165) is 5.57 Å². The average Bonchev–Trinajstić information content (AvgIpc) is 2.10. The molecule has 0 bridgehead atoms. The van der Waals surface area contributed by atoms with Crippen LogP contribution in [0, 0.1) is 12.3 Å². The highest BCUT2D eigenvalue weighted by Gasteiger charge is 1.68. The molecule has 0 spiro atoms. The summed E-state index contributed by atoms with van der Waals surface area (Å²) >= 11 is 0. The molecular formula is C12H20. The van der Waals surface area contributed by atoms with Gasteiger partial charge in [-0.15, -0.1) is 12.3 Å². The molecule has 0 radical (unpaired) electrons. The minimum atomic E-state index is 1.15. The first kappa shape index (κ1) is 17.0. The second-order valence-corrected chi connectivity index (χ2v) is 1.64. The van der Waals surface area contributed by atoms with Gasteiger partial charge in [-0.05, 0) is 13.8 Å². The van der Waals surface area contributed by atoms with Crippen molar-refractivity contribution in [2.75, 3.05) is 0 Å². The quantitative estimate of drug-likeness (QED) is 0.428. The molecule has 0 heterocycles. The summed E-state index contributed by atoms with van der Waals surface area (Å²) in [7, 11) is 0. The van der Waals surface area contributed by atoms with Gasteiger partial charge >= 0.3 is 0 Å². The summed E-state index contributed by atoms with van der Waals surface area (Å²) in [5.74, 6) is 2.25. The summed E-state index contributed by atoms with van der Waals surface area (Å²) in [6.45, 7) is 14.7. The molecule has 0 heteroatoms. The smallest absolute Gasteiger partial charge is 0.00297 e. The first-order valence-corrected chi connectivity index (χ1v) is 4.02. The predicted molar refractivity (Wildman–Crippen MR) is 60.0 cm³/mol. The highest BCUT2D eigenvalue weighted by molar-refractivity contribution is 5.17. The van der Waals surface area contributed by atoms with Gasteiger partial charge in [0.1, 0.15) is 0 Å². The molecule has 0 aliphatic rings. The maximum Gasteiger partial charge on any atom is -0.00297 e. The van der Waals surface area contributed by atoms with Crippen molar-refractivity contribution >= 4 is 0 Å². The van der Waals surface area contributed by atoms with Gasteiger partial charge in [0.2, 0.25) is 0 Å². The Kier molecular flexibility index (Phi) is 32.0. The Balaban J connectivity index is -0.000000137. The molecule has 68 valence electrons. The Morgan fingerprint density at radius 2 is 1.67 bits per heavy atom. The first-order chi connectivity index (χ1) is 5.72. The van der Waals surface area contributed by atoms with Crippen molar-refractivity contribution in [3.63, 3.8) is 0 Å². The van der Waals surface area contributed by atoms with Gasteiger partial charge in [0.15, 0.2) is 0 Å². The zero-order valence-corrected chi connectivity index (χ0v) is 8.72. The van der Waals surface area contributed by atoms with Crippen LogP contribution in [-0.4, -0.2) is 0 Å². The van der Waals surface area contributed by atoms with Gasteiger partial charge < -0.3 is 0 Å². The molecule has 0 aromatic carbocycles. The van der Waals surface area contributed by atoms with Gasteiger partial charge in [0, 0.05) is 0 Å². The molecule has 0 aliphatic carbocycles. The minimum absolute atomic E-state index is 1.15.